The van der Waals surface area contributed by atoms with Crippen LogP contribution in [0, 0.1) is 0 Å². The molecule has 3 heterocycles. The maximum Gasteiger partial charge on any atom is 0.225 e. The Hall–Kier alpha value is -1.82. The highest BCUT2D eigenvalue weighted by atomic mass is 32.1. The molecule has 0 unspecified atom stereocenters. The summed E-state index contributed by atoms with van der Waals surface area (Å²) in [5.41, 5.74) is 2.63. The zero-order valence-electron chi connectivity index (χ0n) is 13.1. The second-order valence-corrected chi connectivity index (χ2v) is 6.38. The van der Waals surface area contributed by atoms with E-state index in [0.29, 0.717) is 0 Å². The van der Waals surface area contributed by atoms with Crippen molar-refractivity contribution >= 4 is 31.9 Å². The SMILES string of the molecule is CCCCN=c1nc2c(cn1CCCC)sc1nccnc12. The lowest BCUT2D eigenvalue weighted by Gasteiger charge is -2.06. The predicted molar refractivity (Wildman–Crippen MR) is 91.0 cm³/mol. The molecule has 3 rings (SSSR count). The van der Waals surface area contributed by atoms with Gasteiger partial charge in [-0.3, -0.25) is 4.99 Å². The van der Waals surface area contributed by atoms with Crippen molar-refractivity contribution in [1.29, 1.82) is 0 Å². The van der Waals surface area contributed by atoms with Crippen molar-refractivity contribution in [2.75, 3.05) is 6.54 Å². The summed E-state index contributed by atoms with van der Waals surface area (Å²) in [6, 6.07) is 0. The molecular weight excluding hydrogens is 294 g/mol. The van der Waals surface area contributed by atoms with Gasteiger partial charge in [0.25, 0.3) is 0 Å². The molecular formula is C16H21N5S. The fourth-order valence-electron chi connectivity index (χ4n) is 2.35. The number of fused-ring (bicyclic) bond motifs is 3. The van der Waals surface area contributed by atoms with Gasteiger partial charge in [0.15, 0.2) is 0 Å². The largest absolute Gasteiger partial charge is 0.316 e. The lowest BCUT2D eigenvalue weighted by molar-refractivity contribution is 0.587. The maximum absolute atomic E-state index is 4.79. The third-order valence-corrected chi connectivity index (χ3v) is 4.60. The molecule has 5 nitrogen and oxygen atoms in total. The first-order valence-electron chi connectivity index (χ1n) is 7.94. The van der Waals surface area contributed by atoms with Gasteiger partial charge < -0.3 is 4.57 Å². The van der Waals surface area contributed by atoms with Gasteiger partial charge in [0.1, 0.15) is 15.9 Å². The summed E-state index contributed by atoms with van der Waals surface area (Å²) in [7, 11) is 0. The van der Waals surface area contributed by atoms with E-state index in [2.05, 4.69) is 34.6 Å². The third kappa shape index (κ3) is 3.02. The smallest absolute Gasteiger partial charge is 0.225 e. The quantitative estimate of drug-likeness (QED) is 0.654. The Kier molecular flexibility index (Phi) is 4.77. The average Bonchev–Trinajstić information content (AvgIpc) is 2.90. The zero-order chi connectivity index (χ0) is 15.4. The van der Waals surface area contributed by atoms with Crippen LogP contribution in [0.1, 0.15) is 39.5 Å². The van der Waals surface area contributed by atoms with Gasteiger partial charge in [-0.2, -0.15) is 0 Å². The molecule has 0 amide bonds. The molecule has 0 aromatic carbocycles. The number of aromatic nitrogens is 4. The third-order valence-electron chi connectivity index (χ3n) is 3.59. The van der Waals surface area contributed by atoms with Gasteiger partial charge in [0, 0.05) is 31.7 Å². The zero-order valence-corrected chi connectivity index (χ0v) is 13.9. The van der Waals surface area contributed by atoms with Crippen LogP contribution in [0.2, 0.25) is 0 Å². The van der Waals surface area contributed by atoms with Gasteiger partial charge in [-0.25, -0.2) is 15.0 Å². The van der Waals surface area contributed by atoms with Crippen LogP contribution in [0.5, 0.6) is 0 Å². The number of hydrogen-bond acceptors (Lipinski definition) is 5. The highest BCUT2D eigenvalue weighted by Gasteiger charge is 2.10. The van der Waals surface area contributed by atoms with E-state index >= 15 is 0 Å². The molecule has 22 heavy (non-hydrogen) atoms. The van der Waals surface area contributed by atoms with E-state index in [0.717, 1.165) is 65.0 Å². The van der Waals surface area contributed by atoms with Crippen molar-refractivity contribution in [1.82, 2.24) is 19.5 Å². The summed E-state index contributed by atoms with van der Waals surface area (Å²) < 4.78 is 3.31. The fourth-order valence-corrected chi connectivity index (χ4v) is 3.33. The van der Waals surface area contributed by atoms with Crippen LogP contribution >= 0.6 is 11.3 Å². The normalized spacial score (nSPS) is 12.5. The molecule has 3 aromatic heterocycles. The van der Waals surface area contributed by atoms with E-state index in [-0.39, 0.29) is 0 Å². The van der Waals surface area contributed by atoms with Crippen LogP contribution in [0.3, 0.4) is 0 Å². The van der Waals surface area contributed by atoms with Gasteiger partial charge in [0.05, 0.1) is 4.70 Å². The monoisotopic (exact) mass is 315 g/mol. The molecule has 0 aliphatic rings. The van der Waals surface area contributed by atoms with Crippen molar-refractivity contribution in [2.45, 2.75) is 46.1 Å². The molecule has 0 aliphatic carbocycles. The Balaban J connectivity index is 2.15. The first-order chi connectivity index (χ1) is 10.8. The molecule has 3 aromatic rings. The minimum atomic E-state index is 0.819. The summed E-state index contributed by atoms with van der Waals surface area (Å²) in [4.78, 5) is 19.3. The molecule has 116 valence electrons. The Labute approximate surface area is 133 Å². The van der Waals surface area contributed by atoms with E-state index in [1.165, 1.54) is 0 Å². The number of thiophene rings is 1. The van der Waals surface area contributed by atoms with Gasteiger partial charge in [-0.15, -0.1) is 11.3 Å². The first-order valence-corrected chi connectivity index (χ1v) is 8.76. The van der Waals surface area contributed by atoms with E-state index in [1.54, 1.807) is 23.7 Å². The van der Waals surface area contributed by atoms with Crippen LogP contribution in [0.25, 0.3) is 20.6 Å². The van der Waals surface area contributed by atoms with Crippen molar-refractivity contribution in [3.63, 3.8) is 0 Å². The highest BCUT2D eigenvalue weighted by Crippen LogP contribution is 2.27. The number of rotatable bonds is 6. The van der Waals surface area contributed by atoms with Crippen molar-refractivity contribution in [2.24, 2.45) is 4.99 Å². The first kappa shape index (κ1) is 15.1. The molecule has 0 radical (unpaired) electrons. The Morgan fingerprint density at radius 3 is 2.73 bits per heavy atom. The van der Waals surface area contributed by atoms with Crippen molar-refractivity contribution in [3.05, 3.63) is 24.2 Å². The summed E-state index contributed by atoms with van der Waals surface area (Å²) in [5, 5.41) is 0. The van der Waals surface area contributed by atoms with E-state index in [1.807, 2.05) is 0 Å². The Morgan fingerprint density at radius 2 is 1.91 bits per heavy atom. The van der Waals surface area contributed by atoms with E-state index in [9.17, 15) is 0 Å². The van der Waals surface area contributed by atoms with Crippen molar-refractivity contribution < 1.29 is 0 Å². The lowest BCUT2D eigenvalue weighted by Crippen LogP contribution is -2.24. The molecule has 0 spiro atoms. The topological polar surface area (TPSA) is 56.0 Å². The second kappa shape index (κ2) is 6.96. The maximum atomic E-state index is 4.79. The van der Waals surface area contributed by atoms with Crippen LogP contribution in [-0.4, -0.2) is 26.1 Å². The molecule has 0 fully saturated rings. The van der Waals surface area contributed by atoms with E-state index in [4.69, 9.17) is 9.98 Å². The Morgan fingerprint density at radius 1 is 1.09 bits per heavy atom. The number of nitrogens with zero attached hydrogens (tertiary/aromatic N) is 5. The van der Waals surface area contributed by atoms with Crippen LogP contribution in [0.15, 0.2) is 23.6 Å². The predicted octanol–water partition coefficient (Wildman–Crippen LogP) is 3.54. The molecule has 0 atom stereocenters. The Bertz CT molecular complexity index is 833. The standard InChI is InChI=1S/C16H21N5S/c1-3-5-7-19-16-20-13-12(11-21(16)10-6-4-2)22-15-14(13)17-8-9-18-15/h8-9,11H,3-7,10H2,1-2H3. The molecule has 0 saturated carbocycles. The minimum absolute atomic E-state index is 0.819. The summed E-state index contributed by atoms with van der Waals surface area (Å²) in [6.07, 6.45) is 10.2. The fraction of sp³-hybridized carbons (Fsp3) is 0.500. The second-order valence-electron chi connectivity index (χ2n) is 5.35. The molecule has 6 heteroatoms. The molecule has 0 bridgehead atoms. The molecule has 0 aliphatic heterocycles. The number of aryl methyl sites for hydroxylation is 1. The van der Waals surface area contributed by atoms with Gasteiger partial charge in [-0.05, 0) is 12.8 Å². The average molecular weight is 315 g/mol. The van der Waals surface area contributed by atoms with Crippen molar-refractivity contribution in [3.8, 4) is 0 Å². The summed E-state index contributed by atoms with van der Waals surface area (Å²) in [5.74, 6) is 0. The number of unbranched alkanes of at least 4 members (excludes halogenated alkanes) is 2. The van der Waals surface area contributed by atoms with Crippen LogP contribution in [-0.2, 0) is 6.54 Å². The highest BCUT2D eigenvalue weighted by molar-refractivity contribution is 7.25. The van der Waals surface area contributed by atoms with Gasteiger partial charge in [0.2, 0.25) is 5.62 Å². The van der Waals surface area contributed by atoms with Crippen LogP contribution < -0.4 is 5.62 Å². The van der Waals surface area contributed by atoms with E-state index < -0.39 is 0 Å². The number of hydrogen-bond donors (Lipinski definition) is 0. The summed E-state index contributed by atoms with van der Waals surface area (Å²) >= 11 is 1.65. The minimum Gasteiger partial charge on any atom is -0.316 e. The van der Waals surface area contributed by atoms with Crippen LogP contribution in [0.4, 0.5) is 0 Å². The molecule has 0 saturated heterocycles. The lowest BCUT2D eigenvalue weighted by atomic mass is 10.3. The summed E-state index contributed by atoms with van der Waals surface area (Å²) in [6.45, 7) is 6.17. The molecule has 0 N–H and O–H groups in total. The van der Waals surface area contributed by atoms with Gasteiger partial charge in [-0.1, -0.05) is 26.7 Å². The van der Waals surface area contributed by atoms with Gasteiger partial charge >= 0.3 is 0 Å².